The third-order valence-electron chi connectivity index (χ3n) is 5.17. The first-order valence-electron chi connectivity index (χ1n) is 9.10. The highest BCUT2D eigenvalue weighted by atomic mass is 31.2. The molecule has 4 aromatic rings. The van der Waals surface area contributed by atoms with Crippen LogP contribution in [0.15, 0.2) is 78.9 Å². The maximum Gasteiger partial charge on any atom is 0.172 e. The molecule has 0 saturated carbocycles. The minimum absolute atomic E-state index is 0.815. The third-order valence-corrected chi connectivity index (χ3v) is 8.35. The van der Waals surface area contributed by atoms with Crippen LogP contribution in [0.2, 0.25) is 0 Å². The van der Waals surface area contributed by atoms with Crippen molar-refractivity contribution in [1.29, 1.82) is 0 Å². The Kier molecular flexibility index (Phi) is 4.45. The Labute approximate surface area is 160 Å². The quantitative estimate of drug-likeness (QED) is 0.484. The molecule has 1 heterocycles. The van der Waals surface area contributed by atoms with Crippen molar-refractivity contribution in [3.63, 3.8) is 0 Å². The van der Waals surface area contributed by atoms with Gasteiger partial charge in [0.2, 0.25) is 0 Å². The molecule has 0 radical (unpaired) electrons. The van der Waals surface area contributed by atoms with Crippen LogP contribution in [0.1, 0.15) is 16.8 Å². The van der Waals surface area contributed by atoms with E-state index in [1.807, 2.05) is 67.6 Å². The monoisotopic (exact) mass is 371 g/mol. The van der Waals surface area contributed by atoms with Crippen molar-refractivity contribution in [1.82, 2.24) is 4.98 Å². The zero-order valence-corrected chi connectivity index (χ0v) is 16.7. The molecule has 0 aliphatic carbocycles. The van der Waals surface area contributed by atoms with Crippen LogP contribution in [-0.4, -0.2) is 4.98 Å². The van der Waals surface area contributed by atoms with Crippen LogP contribution in [0.25, 0.3) is 10.9 Å². The fourth-order valence-electron chi connectivity index (χ4n) is 3.55. The summed E-state index contributed by atoms with van der Waals surface area (Å²) < 4.78 is 14.6. The van der Waals surface area contributed by atoms with Gasteiger partial charge in [-0.15, -0.1) is 0 Å². The molecule has 0 fully saturated rings. The predicted octanol–water partition coefficient (Wildman–Crippen LogP) is 4.80. The number of rotatable bonds is 3. The van der Waals surface area contributed by atoms with Crippen LogP contribution in [0.5, 0.6) is 0 Å². The molecule has 0 unspecified atom stereocenters. The molecule has 0 amide bonds. The van der Waals surface area contributed by atoms with Gasteiger partial charge in [0.05, 0.1) is 5.52 Å². The van der Waals surface area contributed by atoms with E-state index < -0.39 is 7.14 Å². The van der Waals surface area contributed by atoms with Gasteiger partial charge in [0.25, 0.3) is 0 Å². The zero-order chi connectivity index (χ0) is 19.0. The summed E-state index contributed by atoms with van der Waals surface area (Å²) in [5, 5.41) is 3.52. The summed E-state index contributed by atoms with van der Waals surface area (Å²) >= 11 is 0. The van der Waals surface area contributed by atoms with E-state index >= 15 is 0 Å². The Morgan fingerprint density at radius 3 is 1.78 bits per heavy atom. The molecule has 27 heavy (non-hydrogen) atoms. The van der Waals surface area contributed by atoms with Crippen LogP contribution >= 0.6 is 7.14 Å². The van der Waals surface area contributed by atoms with E-state index in [9.17, 15) is 4.57 Å². The number of fused-ring (bicyclic) bond motifs is 1. The third kappa shape index (κ3) is 3.01. The van der Waals surface area contributed by atoms with Crippen molar-refractivity contribution in [2.45, 2.75) is 20.8 Å². The lowest BCUT2D eigenvalue weighted by atomic mass is 10.1. The fourth-order valence-corrected chi connectivity index (χ4v) is 6.41. The van der Waals surface area contributed by atoms with Crippen LogP contribution in [0.3, 0.4) is 0 Å². The van der Waals surface area contributed by atoms with E-state index in [0.717, 1.165) is 32.5 Å². The Balaban J connectivity index is 2.06. The lowest BCUT2D eigenvalue weighted by Gasteiger charge is -2.22. The molecule has 2 nitrogen and oxygen atoms in total. The summed E-state index contributed by atoms with van der Waals surface area (Å²) in [7, 11) is -3.01. The molecule has 0 atom stereocenters. The van der Waals surface area contributed by atoms with Crippen LogP contribution < -0.4 is 15.9 Å². The summed E-state index contributed by atoms with van der Waals surface area (Å²) in [6, 6.07) is 25.8. The Morgan fingerprint density at radius 1 is 0.704 bits per heavy atom. The van der Waals surface area contributed by atoms with Crippen LogP contribution in [-0.2, 0) is 4.57 Å². The molecule has 3 heteroatoms. The van der Waals surface area contributed by atoms with Gasteiger partial charge in [-0.3, -0.25) is 4.98 Å². The van der Waals surface area contributed by atoms with Crippen molar-refractivity contribution in [2.75, 3.05) is 0 Å². The smallest absolute Gasteiger partial charge is 0.172 e. The van der Waals surface area contributed by atoms with Crippen molar-refractivity contribution in [2.24, 2.45) is 0 Å². The number of hydrogen-bond donors (Lipinski definition) is 0. The first kappa shape index (κ1) is 17.7. The van der Waals surface area contributed by atoms with E-state index in [-0.39, 0.29) is 0 Å². The van der Waals surface area contributed by atoms with Crippen molar-refractivity contribution in [3.05, 3.63) is 95.7 Å². The summed E-state index contributed by atoms with van der Waals surface area (Å²) in [4.78, 5) is 4.82. The van der Waals surface area contributed by atoms with E-state index in [2.05, 4.69) is 32.0 Å². The van der Waals surface area contributed by atoms with Gasteiger partial charge in [0.15, 0.2) is 7.14 Å². The van der Waals surface area contributed by atoms with Gasteiger partial charge in [-0.25, -0.2) is 0 Å². The maximum absolute atomic E-state index is 14.6. The van der Waals surface area contributed by atoms with Gasteiger partial charge >= 0.3 is 0 Å². The van der Waals surface area contributed by atoms with E-state index in [1.165, 1.54) is 11.1 Å². The molecule has 0 saturated heterocycles. The van der Waals surface area contributed by atoms with Gasteiger partial charge in [-0.05, 0) is 50.1 Å². The van der Waals surface area contributed by atoms with Crippen molar-refractivity contribution in [3.8, 4) is 0 Å². The molecule has 3 aromatic carbocycles. The Hall–Kier alpha value is -2.70. The molecule has 0 aliphatic heterocycles. The lowest BCUT2D eigenvalue weighted by Crippen LogP contribution is -2.27. The van der Waals surface area contributed by atoms with E-state index in [1.54, 1.807) is 0 Å². The summed E-state index contributed by atoms with van der Waals surface area (Å²) in [6.07, 6.45) is 0. The summed E-state index contributed by atoms with van der Waals surface area (Å²) in [5.41, 5.74) is 4.21. The molecule has 1 aromatic heterocycles. The van der Waals surface area contributed by atoms with Gasteiger partial charge in [0, 0.05) is 27.0 Å². The number of pyridine rings is 1. The number of nitrogens with zero attached hydrogens (tertiary/aromatic N) is 1. The van der Waals surface area contributed by atoms with Crippen molar-refractivity contribution >= 4 is 34.0 Å². The second-order valence-electron chi connectivity index (χ2n) is 7.00. The van der Waals surface area contributed by atoms with Gasteiger partial charge in [0.1, 0.15) is 0 Å². The van der Waals surface area contributed by atoms with E-state index in [0.29, 0.717) is 0 Å². The Bertz CT molecular complexity index is 1120. The zero-order valence-electron chi connectivity index (χ0n) is 15.8. The second kappa shape index (κ2) is 6.79. The summed E-state index contributed by atoms with van der Waals surface area (Å²) in [5.74, 6) is 0. The highest BCUT2D eigenvalue weighted by molar-refractivity contribution is 7.85. The highest BCUT2D eigenvalue weighted by Gasteiger charge is 2.31. The highest BCUT2D eigenvalue weighted by Crippen LogP contribution is 2.43. The van der Waals surface area contributed by atoms with Gasteiger partial charge < -0.3 is 4.57 Å². The Morgan fingerprint density at radius 2 is 1.22 bits per heavy atom. The molecular weight excluding hydrogens is 349 g/mol. The van der Waals surface area contributed by atoms with Crippen LogP contribution in [0.4, 0.5) is 0 Å². The minimum atomic E-state index is -3.01. The number of hydrogen-bond acceptors (Lipinski definition) is 2. The predicted molar refractivity (Wildman–Crippen MR) is 115 cm³/mol. The maximum atomic E-state index is 14.6. The van der Waals surface area contributed by atoms with Crippen molar-refractivity contribution < 1.29 is 4.57 Å². The second-order valence-corrected chi connectivity index (χ2v) is 9.74. The molecular formula is C24H22NOP. The SMILES string of the molecule is Cc1cc2cc(P(=O)(c3ccccc3)c3ccccc3)c(C)nc2cc1C. The molecule has 0 aliphatic rings. The number of aryl methyl sites for hydroxylation is 3. The van der Waals surface area contributed by atoms with Gasteiger partial charge in [-0.2, -0.15) is 0 Å². The fraction of sp³-hybridized carbons (Fsp3) is 0.125. The first-order valence-corrected chi connectivity index (χ1v) is 10.8. The molecule has 0 N–H and O–H groups in total. The standard InChI is InChI=1S/C24H22NOP/c1-17-14-20-16-24(19(3)25-23(20)15-18(17)2)27(26,21-10-6-4-7-11-21)22-12-8-5-9-13-22/h4-16H,1-3H3. The van der Waals surface area contributed by atoms with E-state index in [4.69, 9.17) is 4.98 Å². The molecule has 0 spiro atoms. The molecule has 0 bridgehead atoms. The summed E-state index contributed by atoms with van der Waals surface area (Å²) in [6.45, 7) is 6.16. The normalized spacial score (nSPS) is 11.7. The average Bonchev–Trinajstić information content (AvgIpc) is 2.70. The molecule has 134 valence electrons. The average molecular weight is 371 g/mol. The number of aromatic nitrogens is 1. The lowest BCUT2D eigenvalue weighted by molar-refractivity contribution is 0.592. The van der Waals surface area contributed by atoms with Gasteiger partial charge in [-0.1, -0.05) is 60.7 Å². The molecule has 4 rings (SSSR count). The first-order chi connectivity index (χ1) is 13.0. The topological polar surface area (TPSA) is 30.0 Å². The van der Waals surface area contributed by atoms with Crippen LogP contribution in [0, 0.1) is 20.8 Å². The number of benzene rings is 3. The minimum Gasteiger partial charge on any atom is -0.309 e. The largest absolute Gasteiger partial charge is 0.309 e.